The van der Waals surface area contributed by atoms with Crippen molar-refractivity contribution in [2.45, 2.75) is 13.0 Å². The van der Waals surface area contributed by atoms with E-state index in [0.29, 0.717) is 50.2 Å². The highest BCUT2D eigenvalue weighted by Gasteiger charge is 2.27. The fourth-order valence-electron chi connectivity index (χ4n) is 4.62. The lowest BCUT2D eigenvalue weighted by atomic mass is 10.1. The molecule has 11 heteroatoms. The molecule has 0 aliphatic carbocycles. The van der Waals surface area contributed by atoms with Gasteiger partial charge in [-0.15, -0.1) is 5.10 Å². The van der Waals surface area contributed by atoms with Gasteiger partial charge in [-0.25, -0.2) is 9.07 Å². The highest BCUT2D eigenvalue weighted by Crippen LogP contribution is 2.35. The van der Waals surface area contributed by atoms with Crippen LogP contribution in [-0.4, -0.2) is 37.6 Å². The molecule has 7 rings (SSSR count). The van der Waals surface area contributed by atoms with E-state index in [9.17, 15) is 9.18 Å². The highest BCUT2D eigenvalue weighted by atomic mass is 32.1. The minimum atomic E-state index is -0.533. The van der Waals surface area contributed by atoms with E-state index in [-0.39, 0.29) is 17.9 Å². The van der Waals surface area contributed by atoms with Crippen LogP contribution in [0.15, 0.2) is 83.8 Å². The maximum absolute atomic E-state index is 14.8. The third-order valence-electron chi connectivity index (χ3n) is 6.55. The van der Waals surface area contributed by atoms with Crippen molar-refractivity contribution in [1.82, 2.24) is 24.4 Å². The van der Waals surface area contributed by atoms with E-state index in [1.807, 2.05) is 60.8 Å². The predicted molar refractivity (Wildman–Crippen MR) is 151 cm³/mol. The summed E-state index contributed by atoms with van der Waals surface area (Å²) in [4.78, 5) is 18.4. The highest BCUT2D eigenvalue weighted by molar-refractivity contribution is 7.15. The average molecular weight is 568 g/mol. The normalized spacial score (nSPS) is 15.0. The number of rotatable bonds is 6. The Balaban J connectivity index is 1.28. The number of halogens is 1. The van der Waals surface area contributed by atoms with Gasteiger partial charge in [-0.05, 0) is 55.5 Å². The first kappa shape index (κ1) is 25.0. The van der Waals surface area contributed by atoms with Crippen LogP contribution in [-0.2, 0) is 0 Å². The van der Waals surface area contributed by atoms with E-state index >= 15 is 0 Å². The van der Waals surface area contributed by atoms with Gasteiger partial charge in [-0.2, -0.15) is 14.6 Å². The van der Waals surface area contributed by atoms with Gasteiger partial charge in [0.05, 0.1) is 16.8 Å². The Morgan fingerprint density at radius 3 is 2.66 bits per heavy atom. The molecular formula is C30H22FN5O4S. The summed E-state index contributed by atoms with van der Waals surface area (Å²) in [6, 6.07) is 21.7. The molecule has 1 aliphatic heterocycles. The van der Waals surface area contributed by atoms with E-state index in [0.717, 1.165) is 5.69 Å². The molecule has 0 N–H and O–H groups in total. The summed E-state index contributed by atoms with van der Waals surface area (Å²) in [5.74, 6) is 1.31. The quantitative estimate of drug-likeness (QED) is 0.290. The third-order valence-corrected chi connectivity index (χ3v) is 7.51. The second-order valence-electron chi connectivity index (χ2n) is 9.24. The fourth-order valence-corrected chi connectivity index (χ4v) is 5.53. The number of ether oxygens (including phenoxy) is 3. The summed E-state index contributed by atoms with van der Waals surface area (Å²) < 4.78 is 35.3. The molecule has 1 unspecified atom stereocenters. The molecule has 0 saturated carbocycles. The summed E-state index contributed by atoms with van der Waals surface area (Å²) in [5, 5.41) is 9.18. The molecule has 9 nitrogen and oxygen atoms in total. The number of nitrogens with zero attached hydrogens (tertiary/aromatic N) is 5. The molecule has 1 aliphatic rings. The molecule has 6 aromatic rings. The number of aromatic nitrogens is 5. The lowest BCUT2D eigenvalue weighted by Gasteiger charge is -2.24. The SMILES string of the molecule is CCOc1ccc(-c2nn(-c3ccccc3)cc2C=c2sc3nc(C4COc5ccccc5O4)nn3c2=O)cc1F. The Morgan fingerprint density at radius 1 is 1.07 bits per heavy atom. The number of thiazole rings is 1. The van der Waals surface area contributed by atoms with Crippen LogP contribution in [0.3, 0.4) is 0 Å². The summed E-state index contributed by atoms with van der Waals surface area (Å²) in [6.45, 7) is 2.39. The minimum absolute atomic E-state index is 0.170. The second kappa shape index (κ2) is 10.2. The summed E-state index contributed by atoms with van der Waals surface area (Å²) >= 11 is 1.20. The van der Waals surface area contributed by atoms with E-state index in [2.05, 4.69) is 10.1 Å². The van der Waals surface area contributed by atoms with E-state index < -0.39 is 11.9 Å². The molecule has 3 aromatic heterocycles. The molecule has 0 amide bonds. The van der Waals surface area contributed by atoms with Crippen LogP contribution in [0.25, 0.3) is 28.0 Å². The van der Waals surface area contributed by atoms with Crippen molar-refractivity contribution in [3.05, 3.63) is 111 Å². The molecule has 0 radical (unpaired) electrons. The first-order valence-corrected chi connectivity index (χ1v) is 13.8. The Morgan fingerprint density at radius 2 is 1.88 bits per heavy atom. The third kappa shape index (κ3) is 4.59. The van der Waals surface area contributed by atoms with Gasteiger partial charge in [-0.1, -0.05) is 41.7 Å². The molecule has 0 spiro atoms. The zero-order valence-electron chi connectivity index (χ0n) is 21.7. The molecule has 0 fully saturated rings. The zero-order chi connectivity index (χ0) is 27.9. The van der Waals surface area contributed by atoms with Gasteiger partial charge in [0.2, 0.25) is 4.96 Å². The van der Waals surface area contributed by atoms with E-state index in [1.165, 1.54) is 21.9 Å². The lowest BCUT2D eigenvalue weighted by molar-refractivity contribution is 0.0852. The molecule has 3 aromatic carbocycles. The van der Waals surface area contributed by atoms with Gasteiger partial charge >= 0.3 is 0 Å². The Hall–Kier alpha value is -5.03. The number of hydrogen-bond donors (Lipinski definition) is 0. The summed E-state index contributed by atoms with van der Waals surface area (Å²) in [5.41, 5.74) is 2.21. The monoisotopic (exact) mass is 567 g/mol. The van der Waals surface area contributed by atoms with Crippen molar-refractivity contribution < 1.29 is 18.6 Å². The minimum Gasteiger partial charge on any atom is -0.491 e. The average Bonchev–Trinajstić information content (AvgIpc) is 3.69. The van der Waals surface area contributed by atoms with Crippen LogP contribution in [0.4, 0.5) is 4.39 Å². The second-order valence-corrected chi connectivity index (χ2v) is 10.2. The fraction of sp³-hybridized carbons (Fsp3) is 0.133. The van der Waals surface area contributed by atoms with Crippen molar-refractivity contribution in [3.63, 3.8) is 0 Å². The lowest BCUT2D eigenvalue weighted by Crippen LogP contribution is -2.26. The Kier molecular flexibility index (Phi) is 6.20. The number of benzene rings is 3. The van der Waals surface area contributed by atoms with Crippen LogP contribution in [0.5, 0.6) is 17.2 Å². The Labute approximate surface area is 236 Å². The van der Waals surface area contributed by atoms with Gasteiger partial charge in [-0.3, -0.25) is 4.79 Å². The van der Waals surface area contributed by atoms with Crippen LogP contribution in [0, 0.1) is 5.82 Å². The summed E-state index contributed by atoms with van der Waals surface area (Å²) in [7, 11) is 0. The molecule has 1 atom stereocenters. The van der Waals surface area contributed by atoms with Gasteiger partial charge in [0.15, 0.2) is 35.0 Å². The number of para-hydroxylation sites is 3. The predicted octanol–water partition coefficient (Wildman–Crippen LogP) is 4.60. The van der Waals surface area contributed by atoms with Crippen LogP contribution < -0.4 is 24.3 Å². The number of hydrogen-bond acceptors (Lipinski definition) is 8. The van der Waals surface area contributed by atoms with E-state index in [4.69, 9.17) is 19.3 Å². The molecule has 0 saturated heterocycles. The molecular weight excluding hydrogens is 545 g/mol. The molecule has 0 bridgehead atoms. The first-order chi connectivity index (χ1) is 20.1. The topological polar surface area (TPSA) is 92.8 Å². The van der Waals surface area contributed by atoms with E-state index in [1.54, 1.807) is 29.8 Å². The van der Waals surface area contributed by atoms with Gasteiger partial charge in [0.25, 0.3) is 5.56 Å². The van der Waals surface area contributed by atoms with Crippen LogP contribution in [0.2, 0.25) is 0 Å². The largest absolute Gasteiger partial charge is 0.491 e. The van der Waals surface area contributed by atoms with Gasteiger partial charge < -0.3 is 14.2 Å². The maximum atomic E-state index is 14.8. The van der Waals surface area contributed by atoms with Crippen molar-refractivity contribution in [3.8, 4) is 34.2 Å². The smallest absolute Gasteiger partial charge is 0.291 e. The molecule has 41 heavy (non-hydrogen) atoms. The number of fused-ring (bicyclic) bond motifs is 2. The van der Waals surface area contributed by atoms with Gasteiger partial charge in [0.1, 0.15) is 12.3 Å². The first-order valence-electron chi connectivity index (χ1n) is 12.9. The Bertz CT molecular complexity index is 2000. The van der Waals surface area contributed by atoms with Crippen molar-refractivity contribution in [1.29, 1.82) is 0 Å². The van der Waals surface area contributed by atoms with Crippen molar-refractivity contribution in [2.24, 2.45) is 0 Å². The van der Waals surface area contributed by atoms with Crippen LogP contribution >= 0.6 is 11.3 Å². The molecule has 4 heterocycles. The van der Waals surface area contributed by atoms with Crippen molar-refractivity contribution >= 4 is 22.4 Å². The molecule has 204 valence electrons. The maximum Gasteiger partial charge on any atom is 0.291 e. The van der Waals surface area contributed by atoms with Crippen molar-refractivity contribution in [2.75, 3.05) is 13.2 Å². The van der Waals surface area contributed by atoms with Crippen LogP contribution in [0.1, 0.15) is 24.4 Å². The van der Waals surface area contributed by atoms with Gasteiger partial charge in [0, 0.05) is 17.3 Å². The standard InChI is InChI=1S/C30H22FN5O4S/c1-2-38-22-13-12-18(14-21(22)31)27-19(16-35(33-27)20-8-4-3-5-9-20)15-26-29(37)36-30(41-26)32-28(34-36)25-17-39-23-10-6-7-11-24(23)40-25/h3-16,25H,2,17H2,1H3. The summed E-state index contributed by atoms with van der Waals surface area (Å²) in [6.07, 6.45) is 3.01. The zero-order valence-corrected chi connectivity index (χ0v) is 22.5.